The number of carbonyl (C=O) groups excluding carboxylic acids is 1. The van der Waals surface area contributed by atoms with Crippen molar-refractivity contribution in [3.05, 3.63) is 35.9 Å². The lowest BCUT2D eigenvalue weighted by molar-refractivity contribution is -0.134. The summed E-state index contributed by atoms with van der Waals surface area (Å²) in [6.07, 6.45) is 0.965. The van der Waals surface area contributed by atoms with Gasteiger partial charge in [0.05, 0.1) is 12.1 Å². The number of ether oxygens (including phenoxy) is 1. The smallest absolute Gasteiger partial charge is 0.244 e. The molecule has 1 aliphatic rings. The summed E-state index contributed by atoms with van der Waals surface area (Å²) < 4.78 is 5.49. The molecule has 0 aliphatic carbocycles. The molecular weight excluding hydrogens is 228 g/mol. The molecule has 2 unspecified atom stereocenters. The van der Waals surface area contributed by atoms with Crippen LogP contribution in [-0.4, -0.2) is 36.6 Å². The number of benzene rings is 1. The van der Waals surface area contributed by atoms with Gasteiger partial charge in [-0.1, -0.05) is 30.3 Å². The van der Waals surface area contributed by atoms with Gasteiger partial charge in [-0.3, -0.25) is 4.79 Å². The molecule has 1 saturated heterocycles. The second kappa shape index (κ2) is 5.50. The highest BCUT2D eigenvalue weighted by atomic mass is 16.5. The van der Waals surface area contributed by atoms with Crippen LogP contribution in [0.4, 0.5) is 0 Å². The van der Waals surface area contributed by atoms with Crippen molar-refractivity contribution in [3.63, 3.8) is 0 Å². The molecule has 1 amide bonds. The van der Waals surface area contributed by atoms with Gasteiger partial charge < -0.3 is 15.4 Å². The lowest BCUT2D eigenvalue weighted by Crippen LogP contribution is -2.45. The van der Waals surface area contributed by atoms with Crippen LogP contribution in [0.5, 0.6) is 0 Å². The van der Waals surface area contributed by atoms with E-state index in [1.165, 1.54) is 0 Å². The van der Waals surface area contributed by atoms with Gasteiger partial charge in [-0.25, -0.2) is 0 Å². The summed E-state index contributed by atoms with van der Waals surface area (Å²) in [5.74, 6) is -0.0523. The molecule has 2 rings (SSSR count). The molecular formula is C14H20N2O2. The zero-order chi connectivity index (χ0) is 13.1. The van der Waals surface area contributed by atoms with Crippen LogP contribution in [0.3, 0.4) is 0 Å². The maximum absolute atomic E-state index is 12.3. The summed E-state index contributed by atoms with van der Waals surface area (Å²) in [6, 6.07) is 9.00. The minimum atomic E-state index is -0.594. The molecule has 1 fully saturated rings. The fourth-order valence-electron chi connectivity index (χ4n) is 2.41. The second-order valence-corrected chi connectivity index (χ2v) is 4.77. The van der Waals surface area contributed by atoms with Crippen LogP contribution in [0.15, 0.2) is 30.3 Å². The number of amides is 1. The highest BCUT2D eigenvalue weighted by Gasteiger charge is 2.32. The lowest BCUT2D eigenvalue weighted by atomic mass is 10.0. The average Bonchev–Trinajstić information content (AvgIpc) is 2.83. The van der Waals surface area contributed by atoms with E-state index < -0.39 is 6.04 Å². The Morgan fingerprint density at radius 2 is 2.11 bits per heavy atom. The maximum Gasteiger partial charge on any atom is 0.244 e. The van der Waals surface area contributed by atoms with Crippen LogP contribution in [0.1, 0.15) is 24.9 Å². The molecule has 0 radical (unpaired) electrons. The van der Waals surface area contributed by atoms with Crippen molar-refractivity contribution in [2.45, 2.75) is 31.5 Å². The molecule has 18 heavy (non-hydrogen) atoms. The van der Waals surface area contributed by atoms with E-state index in [9.17, 15) is 4.79 Å². The van der Waals surface area contributed by atoms with E-state index >= 15 is 0 Å². The second-order valence-electron chi connectivity index (χ2n) is 4.77. The average molecular weight is 248 g/mol. The molecule has 3 atom stereocenters. The van der Waals surface area contributed by atoms with Crippen molar-refractivity contribution in [2.75, 3.05) is 13.7 Å². The largest absolute Gasteiger partial charge is 0.376 e. The Balaban J connectivity index is 2.07. The van der Waals surface area contributed by atoms with E-state index in [1.807, 2.05) is 37.3 Å². The van der Waals surface area contributed by atoms with Crippen molar-refractivity contribution < 1.29 is 9.53 Å². The Bertz CT molecular complexity index is 408. The zero-order valence-electron chi connectivity index (χ0n) is 10.9. The van der Waals surface area contributed by atoms with Crippen LogP contribution in [0.25, 0.3) is 0 Å². The molecule has 0 aromatic heterocycles. The first-order valence-electron chi connectivity index (χ1n) is 6.30. The Kier molecular flexibility index (Phi) is 3.99. The summed E-state index contributed by atoms with van der Waals surface area (Å²) in [7, 11) is 1.81. The highest BCUT2D eigenvalue weighted by Crippen LogP contribution is 2.21. The summed E-state index contributed by atoms with van der Waals surface area (Å²) in [6.45, 7) is 2.71. The molecule has 0 saturated carbocycles. The zero-order valence-corrected chi connectivity index (χ0v) is 10.9. The van der Waals surface area contributed by atoms with Crippen LogP contribution in [0, 0.1) is 0 Å². The van der Waals surface area contributed by atoms with E-state index in [0.29, 0.717) is 6.61 Å². The number of carbonyl (C=O) groups is 1. The third-order valence-corrected chi connectivity index (χ3v) is 3.61. The van der Waals surface area contributed by atoms with Gasteiger partial charge in [-0.15, -0.1) is 0 Å². The van der Waals surface area contributed by atoms with Crippen molar-refractivity contribution in [1.29, 1.82) is 0 Å². The van der Waals surface area contributed by atoms with Gasteiger partial charge in [-0.2, -0.15) is 0 Å². The molecule has 4 nitrogen and oxygen atoms in total. The third-order valence-electron chi connectivity index (χ3n) is 3.61. The Morgan fingerprint density at radius 1 is 1.44 bits per heavy atom. The molecule has 98 valence electrons. The van der Waals surface area contributed by atoms with Crippen molar-refractivity contribution >= 4 is 5.91 Å². The van der Waals surface area contributed by atoms with E-state index in [1.54, 1.807) is 11.9 Å². The number of nitrogens with zero attached hydrogens (tertiary/aromatic N) is 1. The summed E-state index contributed by atoms with van der Waals surface area (Å²) >= 11 is 0. The summed E-state index contributed by atoms with van der Waals surface area (Å²) in [5.41, 5.74) is 6.87. The van der Waals surface area contributed by atoms with Gasteiger partial charge in [0.2, 0.25) is 5.91 Å². The van der Waals surface area contributed by atoms with E-state index in [2.05, 4.69) is 0 Å². The number of hydrogen-bond acceptors (Lipinski definition) is 3. The molecule has 0 spiro atoms. The van der Waals surface area contributed by atoms with Crippen LogP contribution in [0.2, 0.25) is 0 Å². The molecule has 1 aliphatic heterocycles. The minimum Gasteiger partial charge on any atom is -0.376 e. The number of rotatable bonds is 3. The predicted octanol–water partition coefficient (Wildman–Crippen LogP) is 1.32. The monoisotopic (exact) mass is 248 g/mol. The third kappa shape index (κ3) is 2.54. The van der Waals surface area contributed by atoms with Gasteiger partial charge in [0.15, 0.2) is 0 Å². The maximum atomic E-state index is 12.3. The van der Waals surface area contributed by atoms with Crippen LogP contribution in [-0.2, 0) is 9.53 Å². The summed E-state index contributed by atoms with van der Waals surface area (Å²) in [4.78, 5) is 14.1. The molecule has 1 heterocycles. The van der Waals surface area contributed by atoms with Crippen LogP contribution < -0.4 is 5.73 Å². The fourth-order valence-corrected chi connectivity index (χ4v) is 2.41. The van der Waals surface area contributed by atoms with Crippen LogP contribution >= 0.6 is 0 Å². The van der Waals surface area contributed by atoms with Gasteiger partial charge in [-0.05, 0) is 18.9 Å². The lowest BCUT2D eigenvalue weighted by Gasteiger charge is -2.29. The SMILES string of the molecule is CC1OCCC1N(C)C(=O)[C@@H](N)c1ccccc1. The van der Waals surface area contributed by atoms with E-state index in [-0.39, 0.29) is 18.1 Å². The number of hydrogen-bond donors (Lipinski definition) is 1. The number of nitrogens with two attached hydrogens (primary N) is 1. The van der Waals surface area contributed by atoms with Gasteiger partial charge in [0, 0.05) is 13.7 Å². The Morgan fingerprint density at radius 3 is 2.67 bits per heavy atom. The number of likely N-dealkylation sites (N-methyl/N-ethyl adjacent to an activating group) is 1. The minimum absolute atomic E-state index is 0.0523. The molecule has 0 bridgehead atoms. The van der Waals surface area contributed by atoms with Crippen molar-refractivity contribution in [3.8, 4) is 0 Å². The van der Waals surface area contributed by atoms with Gasteiger partial charge in [0.1, 0.15) is 6.04 Å². The first kappa shape index (κ1) is 13.1. The quantitative estimate of drug-likeness (QED) is 0.877. The molecule has 4 heteroatoms. The standard InChI is InChI=1S/C14H20N2O2/c1-10-12(8-9-18-10)16(2)14(17)13(15)11-6-4-3-5-7-11/h3-7,10,12-13H,8-9,15H2,1-2H3/t10?,12?,13-/m0/s1. The first-order chi connectivity index (χ1) is 8.61. The van der Waals surface area contributed by atoms with E-state index in [4.69, 9.17) is 10.5 Å². The van der Waals surface area contributed by atoms with Gasteiger partial charge in [0.25, 0.3) is 0 Å². The highest BCUT2D eigenvalue weighted by molar-refractivity contribution is 5.83. The molecule has 2 N–H and O–H groups in total. The van der Waals surface area contributed by atoms with Crippen molar-refractivity contribution in [2.24, 2.45) is 5.73 Å². The topological polar surface area (TPSA) is 55.6 Å². The first-order valence-corrected chi connectivity index (χ1v) is 6.30. The molecule has 1 aromatic rings. The normalized spacial score (nSPS) is 24.8. The van der Waals surface area contributed by atoms with Gasteiger partial charge >= 0.3 is 0 Å². The Labute approximate surface area is 108 Å². The molecule has 1 aromatic carbocycles. The van der Waals surface area contributed by atoms with Crippen molar-refractivity contribution in [1.82, 2.24) is 4.90 Å². The van der Waals surface area contributed by atoms with E-state index in [0.717, 1.165) is 12.0 Å². The summed E-state index contributed by atoms with van der Waals surface area (Å²) in [5, 5.41) is 0. The Hall–Kier alpha value is -1.39. The predicted molar refractivity (Wildman–Crippen MR) is 70.0 cm³/mol. The fraction of sp³-hybridized carbons (Fsp3) is 0.500.